The van der Waals surface area contributed by atoms with Gasteiger partial charge in [-0.15, -0.1) is 0 Å². The number of carbonyl (C=O) groups excluding carboxylic acids is 2. The number of benzene rings is 2. The van der Waals surface area contributed by atoms with Crippen LogP contribution in [0.3, 0.4) is 0 Å². The number of nitrogens with two attached hydrogens (primary N) is 1. The lowest BCUT2D eigenvalue weighted by Crippen LogP contribution is -2.66. The Morgan fingerprint density at radius 2 is 1.43 bits per heavy atom. The fourth-order valence-electron chi connectivity index (χ4n) is 6.89. The van der Waals surface area contributed by atoms with Crippen molar-refractivity contribution in [2.45, 2.75) is 43.6 Å². The number of aliphatic imine (C=N–C) groups is 1. The number of rotatable bonds is 6. The zero-order valence-electron chi connectivity index (χ0n) is 33.1. The third-order valence-corrected chi connectivity index (χ3v) is 9.46. The van der Waals surface area contributed by atoms with E-state index in [9.17, 15) is 27.2 Å². The van der Waals surface area contributed by atoms with Gasteiger partial charge in [0.15, 0.2) is 5.96 Å². The Kier molecular flexibility index (Phi) is 10.1. The summed E-state index contributed by atoms with van der Waals surface area (Å²) in [7, 11) is 6.23. The van der Waals surface area contributed by atoms with Crippen LogP contribution >= 0.6 is 0 Å². The summed E-state index contributed by atoms with van der Waals surface area (Å²) >= 11 is 0. The van der Waals surface area contributed by atoms with Crippen LogP contribution in [-0.2, 0) is 39.6 Å². The minimum atomic E-state index is -1.30. The summed E-state index contributed by atoms with van der Waals surface area (Å²) in [5.74, 6) is -4.20. The largest absolute Gasteiger partial charge is 0.382 e. The molecule has 4 aliphatic heterocycles. The molecule has 0 aromatic heterocycles. The SMILES string of the molecule is C.C=C1N[C@@]2(c3ccc(F)cc3F)CO[C@@H](COC)C[C@H]2C(=O)N1C.COC[C@H]1C[C@H]2C(=O)N(C)C(N)=N[C@@]2(c2ccc(F)cc2F)CO1.[2HH].[2H][2H].[2H][2H].[2H][2H]. The van der Waals surface area contributed by atoms with Crippen LogP contribution < -0.4 is 11.1 Å². The van der Waals surface area contributed by atoms with Crippen molar-refractivity contribution < 1.29 is 56.4 Å². The molecule has 15 heteroatoms. The Hall–Kier alpha value is -4.05. The molecule has 3 saturated heterocycles. The summed E-state index contributed by atoms with van der Waals surface area (Å²) < 4.78 is 107. The van der Waals surface area contributed by atoms with Crippen LogP contribution in [0.2, 0.25) is 0 Å². The molecule has 2 aromatic carbocycles. The van der Waals surface area contributed by atoms with Gasteiger partial charge < -0.3 is 34.9 Å². The highest BCUT2D eigenvalue weighted by Gasteiger charge is 2.56. The standard InChI is InChI=1S/C17H20F2N2O3.C16H19F2N3O3.CH4.4H2/c1-10-20-17(13-5-4-11(18)6-15(13)19)9-24-12(8-23-3)7-14(17)16(22)21(10)2;1-21-14(22)12-6-10(7-23-2)24-8-16(12,20-15(21)19)11-4-3-9(17)5-13(11)18;;;;;/h4-6,12,14,20H,1,7-9H2,2-3H3;3-5,10,12H,6-8H2,1-2H3,(H2,19,20);1H4;4*1H/t12-,14+,17-;10-,12+,16-;;;;;/m11...../s1/i;;;3*1+1D;1+1. The predicted molar refractivity (Wildman–Crippen MR) is 180 cm³/mol. The topological polar surface area (TPSA) is 128 Å². The molecule has 0 spiro atoms. The summed E-state index contributed by atoms with van der Waals surface area (Å²) in [6.07, 6.45) is 0.115. The second-order valence-electron chi connectivity index (χ2n) is 12.3. The highest BCUT2D eigenvalue weighted by molar-refractivity contribution is 6.00. The third kappa shape index (κ3) is 6.89. The molecule has 2 aromatic rings. The van der Waals surface area contributed by atoms with E-state index in [0.717, 1.165) is 18.2 Å². The van der Waals surface area contributed by atoms with E-state index in [1.807, 2.05) is 0 Å². The number of carbonyl (C=O) groups is 2. The number of halogens is 4. The second-order valence-corrected chi connectivity index (χ2v) is 12.3. The lowest BCUT2D eigenvalue weighted by molar-refractivity contribution is -0.157. The molecule has 0 saturated carbocycles. The molecule has 0 radical (unpaired) electrons. The van der Waals surface area contributed by atoms with E-state index in [4.69, 9.17) is 33.6 Å². The lowest BCUT2D eigenvalue weighted by atomic mass is 9.71. The molecule has 4 aliphatic rings. The predicted octanol–water partition coefficient (Wildman–Crippen LogP) is 4.36. The Morgan fingerprint density at radius 3 is 1.98 bits per heavy atom. The normalized spacial score (nSPS) is 30.0. The third-order valence-electron chi connectivity index (χ3n) is 9.46. The molecule has 2 amide bonds. The number of hydrogen-bond donors (Lipinski definition) is 2. The van der Waals surface area contributed by atoms with Crippen LogP contribution in [0.15, 0.2) is 53.8 Å². The summed E-state index contributed by atoms with van der Waals surface area (Å²) in [5, 5.41) is 3.13. The van der Waals surface area contributed by atoms with E-state index in [2.05, 4.69) is 16.9 Å². The number of hydrogen-bond acceptors (Lipinski definition) is 9. The number of amides is 2. The van der Waals surface area contributed by atoms with E-state index in [-0.39, 0.29) is 63.2 Å². The number of fused-ring (bicyclic) bond motifs is 2. The first-order valence-corrected chi connectivity index (χ1v) is 15.3. The molecule has 11 nitrogen and oxygen atoms in total. The zero-order valence-corrected chi connectivity index (χ0v) is 27.1. The molecule has 3 N–H and O–H groups in total. The summed E-state index contributed by atoms with van der Waals surface area (Å²) in [6.45, 7) is 4.51. The molecule has 6 rings (SSSR count). The van der Waals surface area contributed by atoms with Gasteiger partial charge in [-0.3, -0.25) is 14.5 Å². The number of nitrogens with zero attached hydrogens (tertiary/aromatic N) is 3. The Balaban J connectivity index is 0.000000924. The zero-order chi connectivity index (χ0) is 41.0. The van der Waals surface area contributed by atoms with Gasteiger partial charge in [-0.1, -0.05) is 26.1 Å². The van der Waals surface area contributed by atoms with Crippen molar-refractivity contribution in [1.29, 1.82) is 0 Å². The molecule has 3 fully saturated rings. The molecule has 49 heavy (non-hydrogen) atoms. The van der Waals surface area contributed by atoms with E-state index < -0.39 is 46.2 Å². The van der Waals surface area contributed by atoms with Crippen LogP contribution in [-0.4, -0.2) is 94.5 Å². The van der Waals surface area contributed by atoms with Gasteiger partial charge in [0.1, 0.15) is 40.2 Å². The maximum absolute atomic E-state index is 14.5. The highest BCUT2D eigenvalue weighted by atomic mass is 19.1. The van der Waals surface area contributed by atoms with E-state index in [1.165, 1.54) is 42.2 Å². The minimum absolute atomic E-state index is 0. The molecule has 0 aliphatic carbocycles. The van der Waals surface area contributed by atoms with Gasteiger partial charge in [0, 0.05) is 61.9 Å². The van der Waals surface area contributed by atoms with Crippen LogP contribution in [0.25, 0.3) is 0 Å². The quantitative estimate of drug-likeness (QED) is 0.424. The van der Waals surface area contributed by atoms with Gasteiger partial charge in [-0.05, 0) is 25.0 Å². The molecule has 0 unspecified atom stereocenters. The van der Waals surface area contributed by atoms with Crippen molar-refractivity contribution in [2.75, 3.05) is 54.7 Å². The number of nitrogens with one attached hydrogen (secondary N) is 1. The average Bonchev–Trinajstić information content (AvgIpc) is 3.16. The maximum Gasteiger partial charge on any atom is 0.235 e. The average molecular weight is 709 g/mol. The molecular weight excluding hydrogens is 650 g/mol. The summed E-state index contributed by atoms with van der Waals surface area (Å²) in [4.78, 5) is 32.6. The van der Waals surface area contributed by atoms with Gasteiger partial charge in [-0.2, -0.15) is 0 Å². The minimum Gasteiger partial charge on any atom is -0.382 e. The first kappa shape index (κ1) is 33.4. The smallest absolute Gasteiger partial charge is 0.235 e. The van der Waals surface area contributed by atoms with Crippen molar-refractivity contribution >= 4 is 17.8 Å². The van der Waals surface area contributed by atoms with Gasteiger partial charge in [0.05, 0.1) is 50.5 Å². The van der Waals surface area contributed by atoms with Crippen LogP contribution in [0.1, 0.15) is 41.7 Å². The van der Waals surface area contributed by atoms with Crippen LogP contribution in [0, 0.1) is 35.1 Å². The lowest BCUT2D eigenvalue weighted by Gasteiger charge is -2.52. The van der Waals surface area contributed by atoms with E-state index in [0.29, 0.717) is 31.9 Å². The molecule has 6 atom stereocenters. The van der Waals surface area contributed by atoms with E-state index >= 15 is 0 Å². The molecule has 4 heterocycles. The van der Waals surface area contributed by atoms with Crippen molar-refractivity contribution in [2.24, 2.45) is 22.6 Å². The fourth-order valence-corrected chi connectivity index (χ4v) is 6.89. The maximum atomic E-state index is 14.5. The second kappa shape index (κ2) is 14.8. The van der Waals surface area contributed by atoms with Crippen LogP contribution in [0.5, 0.6) is 0 Å². The summed E-state index contributed by atoms with van der Waals surface area (Å²) in [5.41, 5.74) is 3.75. The molecule has 276 valence electrons. The molecule has 0 bridgehead atoms. The van der Waals surface area contributed by atoms with Crippen LogP contribution in [0.4, 0.5) is 17.6 Å². The van der Waals surface area contributed by atoms with Crippen molar-refractivity contribution in [1.82, 2.24) is 15.1 Å². The first-order chi connectivity index (χ1) is 25.8. The number of guanidine groups is 1. The Labute approximate surface area is 293 Å². The van der Waals surface area contributed by atoms with Crippen molar-refractivity contribution in [3.63, 3.8) is 0 Å². The first-order valence-electron chi connectivity index (χ1n) is 18.3. The summed E-state index contributed by atoms with van der Waals surface area (Å²) in [6, 6.07) is 6.56. The van der Waals surface area contributed by atoms with E-state index in [1.54, 1.807) is 14.2 Å². The molecular formula is C34H51F4N5O6. The number of ether oxygens (including phenoxy) is 4. The van der Waals surface area contributed by atoms with Gasteiger partial charge in [0.25, 0.3) is 0 Å². The Morgan fingerprint density at radius 1 is 0.918 bits per heavy atom. The monoisotopic (exact) mass is 708 g/mol. The van der Waals surface area contributed by atoms with Gasteiger partial charge >= 0.3 is 0 Å². The van der Waals surface area contributed by atoms with Crippen molar-refractivity contribution in [3.8, 4) is 0 Å². The van der Waals surface area contributed by atoms with Crippen molar-refractivity contribution in [3.05, 3.63) is 83.2 Å². The highest BCUT2D eigenvalue weighted by Crippen LogP contribution is 2.46. The fraction of sp³-hybridized carbons (Fsp3) is 0.500. The van der Waals surface area contributed by atoms with Gasteiger partial charge in [-0.25, -0.2) is 22.6 Å². The number of methoxy groups -OCH3 is 2. The Bertz CT molecular complexity index is 1640. The van der Waals surface area contributed by atoms with Gasteiger partial charge in [0.2, 0.25) is 11.8 Å².